The maximum atomic E-state index is 13.0. The van der Waals surface area contributed by atoms with Gasteiger partial charge in [-0.25, -0.2) is 4.98 Å². The van der Waals surface area contributed by atoms with Gasteiger partial charge in [-0.1, -0.05) is 30.3 Å². The lowest BCUT2D eigenvalue weighted by Crippen LogP contribution is -2.19. The summed E-state index contributed by atoms with van der Waals surface area (Å²) >= 11 is 0. The van der Waals surface area contributed by atoms with Gasteiger partial charge in [-0.05, 0) is 43.3 Å². The number of ether oxygens (including phenoxy) is 2. The van der Waals surface area contributed by atoms with Gasteiger partial charge in [-0.3, -0.25) is 4.79 Å². The lowest BCUT2D eigenvalue weighted by Gasteiger charge is -2.10. The molecule has 5 aromatic rings. The number of amides is 1. The van der Waals surface area contributed by atoms with Gasteiger partial charge in [0.25, 0.3) is 0 Å². The Morgan fingerprint density at radius 2 is 1.94 bits per heavy atom. The lowest BCUT2D eigenvalue weighted by molar-refractivity contribution is -0.116. The van der Waals surface area contributed by atoms with Gasteiger partial charge in [0, 0.05) is 33.9 Å². The van der Waals surface area contributed by atoms with E-state index in [0.29, 0.717) is 28.6 Å². The van der Waals surface area contributed by atoms with Crippen molar-refractivity contribution < 1.29 is 14.3 Å². The molecule has 176 valence electrons. The standard InChI is InChI=1S/C28H21N5O3/c1-17-21(12-18(14-29)28-31-22-7-3-4-8-23(22)32-28)20-6-2-5-9-24(20)33(17)15-27(34)30-19-10-11-25-26(13-19)36-16-35-25/h2-13H,15-16H2,1H3,(H,30,34)(H,31,32)/b18-12+. The van der Waals surface area contributed by atoms with E-state index in [4.69, 9.17) is 9.47 Å². The molecular weight excluding hydrogens is 454 g/mol. The molecule has 0 radical (unpaired) electrons. The third-order valence-corrected chi connectivity index (χ3v) is 6.29. The first kappa shape index (κ1) is 21.5. The molecule has 8 nitrogen and oxygen atoms in total. The topological polar surface area (TPSA) is 105 Å². The minimum Gasteiger partial charge on any atom is -0.454 e. The van der Waals surface area contributed by atoms with E-state index >= 15 is 0 Å². The summed E-state index contributed by atoms with van der Waals surface area (Å²) in [5.74, 6) is 1.60. The van der Waals surface area contributed by atoms with Crippen LogP contribution < -0.4 is 14.8 Å². The van der Waals surface area contributed by atoms with E-state index < -0.39 is 0 Å². The van der Waals surface area contributed by atoms with Crippen LogP contribution in [0, 0.1) is 18.3 Å². The molecule has 0 fully saturated rings. The zero-order valence-electron chi connectivity index (χ0n) is 19.4. The summed E-state index contributed by atoms with van der Waals surface area (Å²) < 4.78 is 12.7. The van der Waals surface area contributed by atoms with Crippen LogP contribution >= 0.6 is 0 Å². The Balaban J connectivity index is 1.35. The van der Waals surface area contributed by atoms with Crippen LogP contribution in [0.25, 0.3) is 33.6 Å². The highest BCUT2D eigenvalue weighted by Crippen LogP contribution is 2.34. The van der Waals surface area contributed by atoms with Gasteiger partial charge in [0.2, 0.25) is 12.7 Å². The second-order valence-corrected chi connectivity index (χ2v) is 8.49. The van der Waals surface area contributed by atoms with Gasteiger partial charge in [-0.2, -0.15) is 5.26 Å². The number of hydrogen-bond acceptors (Lipinski definition) is 5. The molecule has 0 saturated carbocycles. The number of benzene rings is 3. The van der Waals surface area contributed by atoms with E-state index in [9.17, 15) is 10.1 Å². The molecule has 0 aliphatic carbocycles. The number of aromatic amines is 1. The van der Waals surface area contributed by atoms with Crippen LogP contribution in [-0.4, -0.2) is 27.2 Å². The summed E-state index contributed by atoms with van der Waals surface area (Å²) in [6.45, 7) is 2.24. The second-order valence-electron chi connectivity index (χ2n) is 8.49. The number of carbonyl (C=O) groups is 1. The maximum absolute atomic E-state index is 13.0. The second kappa shape index (κ2) is 8.64. The number of anilines is 1. The highest BCUT2D eigenvalue weighted by molar-refractivity contribution is 6.00. The minimum atomic E-state index is -0.175. The summed E-state index contributed by atoms with van der Waals surface area (Å²) in [6.07, 6.45) is 1.83. The number of hydrogen-bond donors (Lipinski definition) is 2. The molecule has 6 rings (SSSR count). The Labute approximate surface area is 206 Å². The summed E-state index contributed by atoms with van der Waals surface area (Å²) in [5.41, 5.74) is 5.38. The van der Waals surface area contributed by atoms with Crippen LogP contribution in [0.5, 0.6) is 11.5 Å². The molecule has 2 N–H and O–H groups in total. The number of para-hydroxylation sites is 3. The van der Waals surface area contributed by atoms with Gasteiger partial charge in [0.05, 0.1) is 16.6 Å². The zero-order valence-corrected chi connectivity index (χ0v) is 19.4. The molecule has 1 aliphatic heterocycles. The van der Waals surface area contributed by atoms with Crippen LogP contribution in [0.3, 0.4) is 0 Å². The van der Waals surface area contributed by atoms with Crippen molar-refractivity contribution in [1.82, 2.24) is 14.5 Å². The predicted molar refractivity (Wildman–Crippen MR) is 137 cm³/mol. The summed E-state index contributed by atoms with van der Waals surface area (Å²) in [7, 11) is 0. The molecule has 0 atom stereocenters. The third kappa shape index (κ3) is 3.73. The largest absolute Gasteiger partial charge is 0.454 e. The number of aromatic nitrogens is 3. The highest BCUT2D eigenvalue weighted by Gasteiger charge is 2.18. The van der Waals surface area contributed by atoms with Crippen LogP contribution in [0.15, 0.2) is 66.7 Å². The Morgan fingerprint density at radius 1 is 1.14 bits per heavy atom. The van der Waals surface area contributed by atoms with Crippen molar-refractivity contribution in [2.75, 3.05) is 12.1 Å². The van der Waals surface area contributed by atoms with Gasteiger partial charge >= 0.3 is 0 Å². The maximum Gasteiger partial charge on any atom is 0.244 e. The average Bonchev–Trinajstić information content (AvgIpc) is 3.59. The summed E-state index contributed by atoms with van der Waals surface area (Å²) in [5, 5.41) is 13.8. The quantitative estimate of drug-likeness (QED) is 0.338. The van der Waals surface area contributed by atoms with E-state index in [2.05, 4.69) is 21.4 Å². The fourth-order valence-corrected chi connectivity index (χ4v) is 4.54. The normalized spacial score (nSPS) is 12.7. The Bertz CT molecular complexity index is 1690. The van der Waals surface area contributed by atoms with Crippen LogP contribution in [0.2, 0.25) is 0 Å². The number of allylic oxidation sites excluding steroid dienone is 1. The lowest BCUT2D eigenvalue weighted by atomic mass is 10.1. The van der Waals surface area contributed by atoms with E-state index in [1.54, 1.807) is 18.2 Å². The Hall–Kier alpha value is -5.03. The number of fused-ring (bicyclic) bond motifs is 3. The van der Waals surface area contributed by atoms with Crippen molar-refractivity contribution in [3.05, 3.63) is 83.8 Å². The number of nitrogens with zero attached hydrogens (tertiary/aromatic N) is 3. The molecule has 3 aromatic carbocycles. The number of imidazole rings is 1. The van der Waals surface area contributed by atoms with Crippen LogP contribution in [0.1, 0.15) is 17.1 Å². The van der Waals surface area contributed by atoms with Crippen molar-refractivity contribution in [2.45, 2.75) is 13.5 Å². The van der Waals surface area contributed by atoms with Gasteiger partial charge < -0.3 is 24.3 Å². The SMILES string of the molecule is Cc1c(/C=C(\C#N)c2nc3ccccc3[nH]2)c2ccccc2n1CC(=O)Nc1ccc2c(c1)OCO2. The van der Waals surface area contributed by atoms with E-state index in [1.165, 1.54) is 0 Å². The summed E-state index contributed by atoms with van der Waals surface area (Å²) in [6, 6.07) is 23.1. The first-order valence-electron chi connectivity index (χ1n) is 11.4. The molecule has 0 bridgehead atoms. The van der Waals surface area contributed by atoms with Crippen LogP contribution in [-0.2, 0) is 11.3 Å². The van der Waals surface area contributed by atoms with Gasteiger partial charge in [0.1, 0.15) is 18.4 Å². The predicted octanol–water partition coefficient (Wildman–Crippen LogP) is 5.26. The monoisotopic (exact) mass is 475 g/mol. The molecule has 3 heterocycles. The molecule has 8 heteroatoms. The first-order chi connectivity index (χ1) is 17.6. The van der Waals surface area contributed by atoms with Crippen molar-refractivity contribution >= 4 is 45.2 Å². The van der Waals surface area contributed by atoms with Gasteiger partial charge in [0.15, 0.2) is 11.5 Å². The smallest absolute Gasteiger partial charge is 0.244 e. The molecular formula is C28H21N5O3. The summed E-state index contributed by atoms with van der Waals surface area (Å²) in [4.78, 5) is 20.8. The fourth-order valence-electron chi connectivity index (χ4n) is 4.54. The van der Waals surface area contributed by atoms with E-state index in [-0.39, 0.29) is 19.2 Å². The highest BCUT2D eigenvalue weighted by atomic mass is 16.7. The Morgan fingerprint density at radius 3 is 2.81 bits per heavy atom. The zero-order chi connectivity index (χ0) is 24.6. The molecule has 2 aromatic heterocycles. The molecule has 0 unspecified atom stereocenters. The average molecular weight is 476 g/mol. The van der Waals surface area contributed by atoms with Crippen molar-refractivity contribution in [3.63, 3.8) is 0 Å². The Kier molecular flexibility index (Phi) is 5.16. The number of H-pyrrole nitrogens is 1. The molecule has 1 aliphatic rings. The molecule has 0 saturated heterocycles. The number of carbonyl (C=O) groups excluding carboxylic acids is 1. The molecule has 36 heavy (non-hydrogen) atoms. The number of nitrogens with one attached hydrogen (secondary N) is 2. The van der Waals surface area contributed by atoms with E-state index in [0.717, 1.165) is 33.2 Å². The number of nitriles is 1. The van der Waals surface area contributed by atoms with Gasteiger partial charge in [-0.15, -0.1) is 0 Å². The molecule has 1 amide bonds. The van der Waals surface area contributed by atoms with Crippen molar-refractivity contribution in [2.24, 2.45) is 0 Å². The minimum absolute atomic E-state index is 0.112. The molecule has 0 spiro atoms. The van der Waals surface area contributed by atoms with Crippen LogP contribution in [0.4, 0.5) is 5.69 Å². The number of rotatable bonds is 5. The van der Waals surface area contributed by atoms with Crippen molar-refractivity contribution in [1.29, 1.82) is 5.26 Å². The first-order valence-corrected chi connectivity index (χ1v) is 11.4. The van der Waals surface area contributed by atoms with E-state index in [1.807, 2.05) is 66.1 Å². The fraction of sp³-hybridized carbons (Fsp3) is 0.107. The van der Waals surface area contributed by atoms with Crippen molar-refractivity contribution in [3.8, 4) is 17.6 Å². The third-order valence-electron chi connectivity index (χ3n) is 6.29.